The molecule has 6 heteroatoms. The van der Waals surface area contributed by atoms with Crippen LogP contribution in [-0.4, -0.2) is 20.9 Å². The summed E-state index contributed by atoms with van der Waals surface area (Å²) in [6, 6.07) is 8.72. The molecule has 1 aromatic heterocycles. The standard InChI is InChI=1S/C13H12F2N2O2/c1-8-11(13(14,15)12(18)19)9(2)17(16-8)10-6-4-3-5-7-10/h3-7H,1-2H3,(H,18,19). The molecule has 0 amide bonds. The molecule has 0 saturated carbocycles. The molecule has 0 aliphatic heterocycles. The van der Waals surface area contributed by atoms with Crippen molar-refractivity contribution in [2.45, 2.75) is 19.8 Å². The molecule has 0 unspecified atom stereocenters. The van der Waals surface area contributed by atoms with Crippen LogP contribution in [0.4, 0.5) is 8.78 Å². The predicted octanol–water partition coefficient (Wildman–Crippen LogP) is 2.67. The van der Waals surface area contributed by atoms with Crippen LogP contribution in [0.25, 0.3) is 5.69 Å². The lowest BCUT2D eigenvalue weighted by Gasteiger charge is -2.12. The quantitative estimate of drug-likeness (QED) is 0.929. The lowest BCUT2D eigenvalue weighted by molar-refractivity contribution is -0.166. The van der Waals surface area contributed by atoms with Crippen LogP contribution >= 0.6 is 0 Å². The van der Waals surface area contributed by atoms with Gasteiger partial charge in [0.1, 0.15) is 0 Å². The summed E-state index contributed by atoms with van der Waals surface area (Å²) in [5.74, 6) is -6.12. The number of hydrogen-bond donors (Lipinski definition) is 1. The number of aliphatic carboxylic acids is 1. The normalized spacial score (nSPS) is 11.6. The molecule has 0 aliphatic rings. The van der Waals surface area contributed by atoms with Crippen molar-refractivity contribution in [3.63, 3.8) is 0 Å². The first-order chi connectivity index (χ1) is 8.85. The zero-order valence-electron chi connectivity index (χ0n) is 10.4. The summed E-state index contributed by atoms with van der Waals surface area (Å²) in [4.78, 5) is 10.7. The molecule has 0 atom stereocenters. The molecule has 2 rings (SSSR count). The number of rotatable bonds is 3. The summed E-state index contributed by atoms with van der Waals surface area (Å²) in [5, 5.41) is 12.6. The number of carboxylic acid groups (broad SMARTS) is 1. The van der Waals surface area contributed by atoms with E-state index < -0.39 is 17.5 Å². The number of aryl methyl sites for hydroxylation is 1. The summed E-state index contributed by atoms with van der Waals surface area (Å²) >= 11 is 0. The second-order valence-electron chi connectivity index (χ2n) is 4.17. The maximum absolute atomic E-state index is 13.7. The molecule has 100 valence electrons. The van der Waals surface area contributed by atoms with Crippen molar-refractivity contribution in [2.24, 2.45) is 0 Å². The fourth-order valence-corrected chi connectivity index (χ4v) is 2.02. The van der Waals surface area contributed by atoms with Gasteiger partial charge in [-0.1, -0.05) is 18.2 Å². The number of carboxylic acids is 1. The number of carbonyl (C=O) groups is 1. The van der Waals surface area contributed by atoms with Crippen LogP contribution in [-0.2, 0) is 10.7 Å². The van der Waals surface area contributed by atoms with Crippen molar-refractivity contribution in [3.05, 3.63) is 47.3 Å². The average Bonchev–Trinajstić information content (AvgIpc) is 2.66. The topological polar surface area (TPSA) is 55.1 Å². The van der Waals surface area contributed by atoms with Gasteiger partial charge in [0.05, 0.1) is 22.6 Å². The fourth-order valence-electron chi connectivity index (χ4n) is 2.02. The number of halogens is 2. The first-order valence-electron chi connectivity index (χ1n) is 5.59. The zero-order valence-corrected chi connectivity index (χ0v) is 10.4. The lowest BCUT2D eigenvalue weighted by Crippen LogP contribution is -2.26. The van der Waals surface area contributed by atoms with E-state index in [-0.39, 0.29) is 11.4 Å². The van der Waals surface area contributed by atoms with Crippen LogP contribution in [0.15, 0.2) is 30.3 Å². The number of aromatic nitrogens is 2. The van der Waals surface area contributed by atoms with Crippen molar-refractivity contribution < 1.29 is 18.7 Å². The second-order valence-corrected chi connectivity index (χ2v) is 4.17. The summed E-state index contributed by atoms with van der Waals surface area (Å²) in [6.45, 7) is 2.80. The number of benzene rings is 1. The Hall–Kier alpha value is -2.24. The monoisotopic (exact) mass is 266 g/mol. The molecular weight excluding hydrogens is 254 g/mol. The molecule has 1 aromatic carbocycles. The Morgan fingerprint density at radius 2 is 1.84 bits per heavy atom. The Morgan fingerprint density at radius 1 is 1.26 bits per heavy atom. The first kappa shape index (κ1) is 13.2. The minimum Gasteiger partial charge on any atom is -0.477 e. The third-order valence-corrected chi connectivity index (χ3v) is 2.87. The predicted molar refractivity (Wildman–Crippen MR) is 64.6 cm³/mol. The first-order valence-corrected chi connectivity index (χ1v) is 5.59. The van der Waals surface area contributed by atoms with E-state index in [1.54, 1.807) is 30.3 Å². The van der Waals surface area contributed by atoms with Gasteiger partial charge in [-0.15, -0.1) is 0 Å². The summed E-state index contributed by atoms with van der Waals surface area (Å²) in [6.07, 6.45) is 0. The third kappa shape index (κ3) is 2.09. The fraction of sp³-hybridized carbons (Fsp3) is 0.231. The molecular formula is C13H12F2N2O2. The highest BCUT2D eigenvalue weighted by atomic mass is 19.3. The largest absolute Gasteiger partial charge is 0.477 e. The summed E-state index contributed by atoms with van der Waals surface area (Å²) < 4.78 is 28.7. The molecule has 0 fully saturated rings. The van der Waals surface area contributed by atoms with E-state index >= 15 is 0 Å². The molecule has 19 heavy (non-hydrogen) atoms. The number of nitrogens with zero attached hydrogens (tertiary/aromatic N) is 2. The van der Waals surface area contributed by atoms with Crippen molar-refractivity contribution >= 4 is 5.97 Å². The Balaban J connectivity index is 2.62. The van der Waals surface area contributed by atoms with E-state index in [1.165, 1.54) is 18.5 Å². The molecule has 0 spiro atoms. The van der Waals surface area contributed by atoms with Gasteiger partial charge in [-0.05, 0) is 26.0 Å². The number of alkyl halides is 2. The smallest absolute Gasteiger partial charge is 0.379 e. The SMILES string of the molecule is Cc1nn(-c2ccccc2)c(C)c1C(F)(F)C(=O)O. The van der Waals surface area contributed by atoms with Gasteiger partial charge < -0.3 is 5.11 Å². The van der Waals surface area contributed by atoms with E-state index in [0.29, 0.717) is 5.69 Å². The Bertz CT molecular complexity index is 621. The van der Waals surface area contributed by atoms with E-state index in [1.807, 2.05) is 0 Å². The Kier molecular flexibility index (Phi) is 3.09. The van der Waals surface area contributed by atoms with Gasteiger partial charge in [0.15, 0.2) is 0 Å². The van der Waals surface area contributed by atoms with Gasteiger partial charge in [0.2, 0.25) is 0 Å². The van der Waals surface area contributed by atoms with E-state index in [0.717, 1.165) is 0 Å². The highest BCUT2D eigenvalue weighted by Gasteiger charge is 2.45. The number of hydrogen-bond acceptors (Lipinski definition) is 2. The molecule has 0 radical (unpaired) electrons. The van der Waals surface area contributed by atoms with Crippen LogP contribution in [0.5, 0.6) is 0 Å². The van der Waals surface area contributed by atoms with Crippen molar-refractivity contribution in [2.75, 3.05) is 0 Å². The van der Waals surface area contributed by atoms with Gasteiger partial charge in [0.25, 0.3) is 0 Å². The minimum absolute atomic E-state index is 0.00810. The van der Waals surface area contributed by atoms with Crippen molar-refractivity contribution in [1.29, 1.82) is 0 Å². The zero-order chi connectivity index (χ0) is 14.2. The van der Waals surface area contributed by atoms with Crippen LogP contribution in [0.2, 0.25) is 0 Å². The molecule has 0 aliphatic carbocycles. The highest BCUT2D eigenvalue weighted by molar-refractivity contribution is 5.78. The third-order valence-electron chi connectivity index (χ3n) is 2.87. The maximum Gasteiger partial charge on any atom is 0.379 e. The van der Waals surface area contributed by atoms with Gasteiger partial charge in [-0.25, -0.2) is 9.48 Å². The van der Waals surface area contributed by atoms with Crippen molar-refractivity contribution in [1.82, 2.24) is 9.78 Å². The average molecular weight is 266 g/mol. The second kappa shape index (κ2) is 4.46. The lowest BCUT2D eigenvalue weighted by atomic mass is 10.1. The van der Waals surface area contributed by atoms with Crippen LogP contribution < -0.4 is 0 Å². The van der Waals surface area contributed by atoms with Crippen LogP contribution in [0.1, 0.15) is 17.0 Å². The van der Waals surface area contributed by atoms with Gasteiger partial charge in [-0.3, -0.25) is 0 Å². The summed E-state index contributed by atoms with van der Waals surface area (Å²) in [5.41, 5.74) is 0.184. The Labute approximate surface area is 108 Å². The van der Waals surface area contributed by atoms with Gasteiger partial charge in [-0.2, -0.15) is 13.9 Å². The highest BCUT2D eigenvalue weighted by Crippen LogP contribution is 2.34. The van der Waals surface area contributed by atoms with E-state index in [2.05, 4.69) is 5.10 Å². The van der Waals surface area contributed by atoms with Crippen LogP contribution in [0, 0.1) is 13.8 Å². The molecule has 4 nitrogen and oxygen atoms in total. The maximum atomic E-state index is 13.7. The molecule has 2 aromatic rings. The molecule has 1 N–H and O–H groups in total. The van der Waals surface area contributed by atoms with Gasteiger partial charge >= 0.3 is 11.9 Å². The molecule has 1 heterocycles. The van der Waals surface area contributed by atoms with E-state index in [9.17, 15) is 13.6 Å². The van der Waals surface area contributed by atoms with Crippen LogP contribution in [0.3, 0.4) is 0 Å². The Morgan fingerprint density at radius 3 is 2.37 bits per heavy atom. The summed E-state index contributed by atoms with van der Waals surface area (Å²) in [7, 11) is 0. The number of para-hydroxylation sites is 1. The molecule has 0 bridgehead atoms. The van der Waals surface area contributed by atoms with E-state index in [4.69, 9.17) is 5.11 Å². The molecule has 0 saturated heterocycles. The van der Waals surface area contributed by atoms with Crippen molar-refractivity contribution in [3.8, 4) is 5.69 Å². The van der Waals surface area contributed by atoms with Gasteiger partial charge in [0, 0.05) is 0 Å². The minimum atomic E-state index is -3.94.